The Morgan fingerprint density at radius 2 is 2.21 bits per heavy atom. The van der Waals surface area contributed by atoms with Gasteiger partial charge in [0.25, 0.3) is 0 Å². The van der Waals surface area contributed by atoms with Crippen LogP contribution in [0.4, 0.5) is 0 Å². The minimum atomic E-state index is 0.0861. The van der Waals surface area contributed by atoms with E-state index in [0.29, 0.717) is 0 Å². The molecule has 0 radical (unpaired) electrons. The second-order valence-corrected chi connectivity index (χ2v) is 3.27. The lowest BCUT2D eigenvalue weighted by Gasteiger charge is -2.09. The van der Waals surface area contributed by atoms with Gasteiger partial charge in [-0.15, -0.1) is 0 Å². The molecule has 0 saturated heterocycles. The Balaban J connectivity index is 3.15. The molecule has 0 heterocycles. The molecule has 0 atom stereocenters. The van der Waals surface area contributed by atoms with Crippen LogP contribution in [0.3, 0.4) is 0 Å². The Morgan fingerprint density at radius 1 is 1.50 bits per heavy atom. The van der Waals surface area contributed by atoms with Crippen LogP contribution in [0.1, 0.15) is 23.6 Å². The van der Waals surface area contributed by atoms with Crippen LogP contribution in [0.5, 0.6) is 0 Å². The predicted octanol–water partition coefficient (Wildman–Crippen LogP) is 3.08. The van der Waals surface area contributed by atoms with Gasteiger partial charge in [0.2, 0.25) is 0 Å². The number of hydrogen-bond donors (Lipinski definition) is 1. The normalized spacial score (nSPS) is 10.8. The molecule has 14 heavy (non-hydrogen) atoms. The molecule has 0 aliphatic carbocycles. The number of hydrogen-bond acceptors (Lipinski definition) is 1. The number of benzene rings is 1. The Hall–Kier alpha value is -1.34. The average molecular weight is 188 g/mol. The molecule has 1 aromatic carbocycles. The van der Waals surface area contributed by atoms with Gasteiger partial charge in [0, 0.05) is 0 Å². The highest BCUT2D eigenvalue weighted by Crippen LogP contribution is 2.21. The minimum absolute atomic E-state index is 0.0861. The van der Waals surface area contributed by atoms with Crippen LogP contribution in [0.25, 0.3) is 5.57 Å². The summed E-state index contributed by atoms with van der Waals surface area (Å²) < 4.78 is 0. The zero-order chi connectivity index (χ0) is 10.6. The van der Waals surface area contributed by atoms with Crippen molar-refractivity contribution in [3.63, 3.8) is 0 Å². The van der Waals surface area contributed by atoms with Gasteiger partial charge in [-0.1, -0.05) is 36.9 Å². The van der Waals surface area contributed by atoms with Gasteiger partial charge in [0.05, 0.1) is 6.61 Å². The maximum atomic E-state index is 9.11. The molecule has 0 aromatic heterocycles. The summed E-state index contributed by atoms with van der Waals surface area (Å²) in [6.07, 6.45) is 3.94. The zero-order valence-electron chi connectivity index (χ0n) is 8.75. The van der Waals surface area contributed by atoms with Crippen LogP contribution in [0.2, 0.25) is 0 Å². The molecule has 0 saturated carbocycles. The van der Waals surface area contributed by atoms with Crippen molar-refractivity contribution in [3.8, 4) is 0 Å². The zero-order valence-corrected chi connectivity index (χ0v) is 8.75. The van der Waals surface area contributed by atoms with E-state index in [4.69, 9.17) is 5.11 Å². The summed E-state index contributed by atoms with van der Waals surface area (Å²) >= 11 is 0. The first-order valence-corrected chi connectivity index (χ1v) is 4.72. The quantitative estimate of drug-likeness (QED) is 0.723. The Labute approximate surface area is 85.4 Å². The maximum Gasteiger partial charge on any atom is 0.0684 e. The summed E-state index contributed by atoms with van der Waals surface area (Å²) in [6.45, 7) is 8.05. The van der Waals surface area contributed by atoms with Crippen LogP contribution in [-0.2, 0) is 6.61 Å². The average Bonchev–Trinajstić information content (AvgIpc) is 2.18. The minimum Gasteiger partial charge on any atom is -0.392 e. The van der Waals surface area contributed by atoms with E-state index in [-0.39, 0.29) is 6.61 Å². The van der Waals surface area contributed by atoms with Crippen molar-refractivity contribution in [2.24, 2.45) is 0 Å². The summed E-state index contributed by atoms with van der Waals surface area (Å²) in [5.74, 6) is 0. The van der Waals surface area contributed by atoms with Crippen molar-refractivity contribution in [2.45, 2.75) is 20.5 Å². The van der Waals surface area contributed by atoms with Gasteiger partial charge in [0.1, 0.15) is 0 Å². The van der Waals surface area contributed by atoms with E-state index in [9.17, 15) is 0 Å². The van der Waals surface area contributed by atoms with Crippen molar-refractivity contribution < 1.29 is 5.11 Å². The van der Waals surface area contributed by atoms with E-state index in [2.05, 4.69) is 6.58 Å². The molecule has 0 bridgehead atoms. The van der Waals surface area contributed by atoms with Crippen LogP contribution < -0.4 is 0 Å². The van der Waals surface area contributed by atoms with Crippen LogP contribution >= 0.6 is 0 Å². The molecule has 0 amide bonds. The van der Waals surface area contributed by atoms with Gasteiger partial charge in [-0.2, -0.15) is 0 Å². The number of aliphatic hydroxyl groups excluding tert-OH is 1. The smallest absolute Gasteiger partial charge is 0.0684 e. The maximum absolute atomic E-state index is 9.11. The molecule has 0 spiro atoms. The second-order valence-electron chi connectivity index (χ2n) is 3.27. The molecule has 1 aromatic rings. The van der Waals surface area contributed by atoms with Crippen molar-refractivity contribution in [1.82, 2.24) is 0 Å². The Kier molecular flexibility index (Phi) is 3.66. The fraction of sp³-hybridized carbons (Fsp3) is 0.231. The highest BCUT2D eigenvalue weighted by Gasteiger charge is 2.03. The lowest BCUT2D eigenvalue weighted by molar-refractivity contribution is 0.281. The van der Waals surface area contributed by atoms with Crippen molar-refractivity contribution in [1.29, 1.82) is 0 Å². The lowest BCUT2D eigenvalue weighted by Crippen LogP contribution is -1.93. The molecular formula is C13H16O. The summed E-state index contributed by atoms with van der Waals surface area (Å²) in [6, 6.07) is 5.90. The molecule has 1 heteroatoms. The summed E-state index contributed by atoms with van der Waals surface area (Å²) in [4.78, 5) is 0. The van der Waals surface area contributed by atoms with Crippen LogP contribution in [-0.4, -0.2) is 5.11 Å². The van der Waals surface area contributed by atoms with Crippen LogP contribution in [0, 0.1) is 6.92 Å². The predicted molar refractivity (Wildman–Crippen MR) is 60.9 cm³/mol. The fourth-order valence-corrected chi connectivity index (χ4v) is 1.49. The first-order valence-electron chi connectivity index (χ1n) is 4.72. The van der Waals surface area contributed by atoms with Crippen LogP contribution in [0.15, 0.2) is 36.9 Å². The van der Waals surface area contributed by atoms with E-state index in [1.54, 1.807) is 0 Å². The molecule has 74 valence electrons. The van der Waals surface area contributed by atoms with Gasteiger partial charge >= 0.3 is 0 Å². The van der Waals surface area contributed by atoms with Crippen molar-refractivity contribution >= 4 is 5.57 Å². The first kappa shape index (κ1) is 10.7. The molecule has 1 N–H and O–H groups in total. The Morgan fingerprint density at radius 3 is 2.79 bits per heavy atom. The molecule has 1 rings (SSSR count). The standard InChI is InChI=1S/C13H16O/c1-4-6-10(2)13-8-5-7-12(9-14)11(13)3/h4-8,14H,2,9H2,1,3H3/b6-4-. The van der Waals surface area contributed by atoms with Crippen molar-refractivity contribution in [2.75, 3.05) is 0 Å². The molecule has 0 unspecified atom stereocenters. The molecule has 0 fully saturated rings. The lowest BCUT2D eigenvalue weighted by atomic mass is 9.97. The summed E-state index contributed by atoms with van der Waals surface area (Å²) in [5.41, 5.74) is 4.17. The van der Waals surface area contributed by atoms with E-state index >= 15 is 0 Å². The molecule has 0 aliphatic rings. The van der Waals surface area contributed by atoms with Gasteiger partial charge in [-0.25, -0.2) is 0 Å². The first-order chi connectivity index (χ1) is 6.70. The molecular weight excluding hydrogens is 172 g/mol. The van der Waals surface area contributed by atoms with E-state index in [1.807, 2.05) is 44.2 Å². The third kappa shape index (κ3) is 2.12. The highest BCUT2D eigenvalue weighted by molar-refractivity contribution is 5.74. The molecule has 0 aliphatic heterocycles. The largest absolute Gasteiger partial charge is 0.392 e. The SMILES string of the molecule is C=C(/C=C\C)c1cccc(CO)c1C. The van der Waals surface area contributed by atoms with Crippen molar-refractivity contribution in [3.05, 3.63) is 53.6 Å². The van der Waals surface area contributed by atoms with E-state index in [0.717, 1.165) is 22.3 Å². The van der Waals surface area contributed by atoms with Gasteiger partial charge < -0.3 is 5.11 Å². The number of aliphatic hydroxyl groups is 1. The number of allylic oxidation sites excluding steroid dienone is 3. The van der Waals surface area contributed by atoms with Gasteiger partial charge in [0.15, 0.2) is 0 Å². The highest BCUT2D eigenvalue weighted by atomic mass is 16.3. The van der Waals surface area contributed by atoms with Gasteiger partial charge in [-0.05, 0) is 36.1 Å². The van der Waals surface area contributed by atoms with Gasteiger partial charge in [-0.3, -0.25) is 0 Å². The Bertz CT molecular complexity index is 361. The summed E-state index contributed by atoms with van der Waals surface area (Å²) in [5, 5.41) is 9.11. The van der Waals surface area contributed by atoms with E-state index in [1.165, 1.54) is 0 Å². The third-order valence-corrected chi connectivity index (χ3v) is 2.33. The summed E-state index contributed by atoms with van der Waals surface area (Å²) in [7, 11) is 0. The fourth-order valence-electron chi connectivity index (χ4n) is 1.49. The topological polar surface area (TPSA) is 20.2 Å². The monoisotopic (exact) mass is 188 g/mol. The second kappa shape index (κ2) is 4.77. The number of rotatable bonds is 3. The van der Waals surface area contributed by atoms with E-state index < -0.39 is 0 Å². The molecule has 1 nitrogen and oxygen atoms in total. The third-order valence-electron chi connectivity index (χ3n) is 2.33.